The number of nitrogens with zero attached hydrogens (tertiary/aromatic N) is 2. The number of benzene rings is 1. The van der Waals surface area contributed by atoms with Gasteiger partial charge in [-0.2, -0.15) is 0 Å². The second-order valence-electron chi connectivity index (χ2n) is 7.90. The van der Waals surface area contributed by atoms with Gasteiger partial charge in [0.15, 0.2) is 0 Å². The van der Waals surface area contributed by atoms with Gasteiger partial charge in [-0.25, -0.2) is 0 Å². The molecule has 0 bridgehead atoms. The van der Waals surface area contributed by atoms with Crippen molar-refractivity contribution in [1.29, 1.82) is 0 Å². The molecule has 0 aromatic heterocycles. The average molecular weight is 372 g/mol. The zero-order valence-electron chi connectivity index (χ0n) is 15.6. The highest BCUT2D eigenvalue weighted by Crippen LogP contribution is 2.36. The monoisotopic (exact) mass is 372 g/mol. The van der Waals surface area contributed by atoms with E-state index in [-0.39, 0.29) is 24.3 Å². The molecule has 2 fully saturated rings. The number of β-amino-alcohol motifs (C(OH)–C–C–N with tert-alkyl or cyclic N) is 1. The summed E-state index contributed by atoms with van der Waals surface area (Å²) < 4.78 is 0. The van der Waals surface area contributed by atoms with E-state index in [1.54, 1.807) is 0 Å². The number of carbonyl (C=O) groups excluding carboxylic acids is 2. The van der Waals surface area contributed by atoms with Gasteiger partial charge in [-0.15, -0.1) is 0 Å². The lowest BCUT2D eigenvalue weighted by atomic mass is 9.83. The van der Waals surface area contributed by atoms with E-state index in [1.165, 1.54) is 0 Å². The Morgan fingerprint density at radius 1 is 1.19 bits per heavy atom. The number of hydrogen-bond acceptors (Lipinski definition) is 5. The largest absolute Gasteiger partial charge is 0.395 e. The molecule has 7 heteroatoms. The molecule has 0 radical (unpaired) electrons. The van der Waals surface area contributed by atoms with Crippen molar-refractivity contribution in [1.82, 2.24) is 9.80 Å². The Morgan fingerprint density at radius 2 is 1.93 bits per heavy atom. The quantitative estimate of drug-likeness (QED) is 0.740. The lowest BCUT2D eigenvalue weighted by Crippen LogP contribution is -2.60. The molecule has 1 aromatic rings. The van der Waals surface area contributed by atoms with Gasteiger partial charge in [0.2, 0.25) is 11.8 Å². The molecule has 0 unspecified atom stereocenters. The minimum absolute atomic E-state index is 0.0000799. The van der Waals surface area contributed by atoms with Gasteiger partial charge in [0.1, 0.15) is 5.54 Å². The van der Waals surface area contributed by atoms with Gasteiger partial charge in [0.05, 0.1) is 23.9 Å². The van der Waals surface area contributed by atoms with Crippen LogP contribution < -0.4 is 10.6 Å². The number of nitrogens with one attached hydrogen (secondary N) is 2. The van der Waals surface area contributed by atoms with Crippen molar-refractivity contribution < 1.29 is 14.7 Å². The highest BCUT2D eigenvalue weighted by Gasteiger charge is 2.45. The lowest BCUT2D eigenvalue weighted by Gasteiger charge is -2.45. The van der Waals surface area contributed by atoms with Crippen molar-refractivity contribution in [2.45, 2.75) is 31.2 Å². The summed E-state index contributed by atoms with van der Waals surface area (Å²) in [4.78, 5) is 29.8. The molecule has 1 aromatic carbocycles. The molecule has 1 atom stereocenters. The Labute approximate surface area is 159 Å². The first-order valence-electron chi connectivity index (χ1n) is 9.92. The molecule has 0 aliphatic carbocycles. The summed E-state index contributed by atoms with van der Waals surface area (Å²) in [6, 6.07) is 7.74. The van der Waals surface area contributed by atoms with Crippen molar-refractivity contribution in [2.75, 3.05) is 50.0 Å². The third kappa shape index (κ3) is 3.53. The van der Waals surface area contributed by atoms with E-state index in [2.05, 4.69) is 15.5 Å². The highest BCUT2D eigenvalue weighted by atomic mass is 16.3. The van der Waals surface area contributed by atoms with Crippen LogP contribution in [0.3, 0.4) is 0 Å². The SMILES string of the molecule is O=C([C@@H]1CCCN(CCO)C1)N1CCC2(CC1)Nc1ccccc1NC2=O. The standard InChI is InChI=1S/C20H28N4O3/c25-13-12-23-9-3-4-15(14-23)18(26)24-10-7-20(8-11-24)19(27)21-16-5-1-2-6-17(16)22-20/h1-2,5-6,15,22,25H,3-4,7-14H2,(H,21,27)/t15-/m1/s1. The van der Waals surface area contributed by atoms with E-state index in [4.69, 9.17) is 5.11 Å². The van der Waals surface area contributed by atoms with Crippen molar-refractivity contribution in [3.63, 3.8) is 0 Å². The Morgan fingerprint density at radius 3 is 2.67 bits per heavy atom. The minimum Gasteiger partial charge on any atom is -0.395 e. The maximum Gasteiger partial charge on any atom is 0.250 e. The molecule has 3 aliphatic heterocycles. The van der Waals surface area contributed by atoms with Crippen LogP contribution >= 0.6 is 0 Å². The number of fused-ring (bicyclic) bond motifs is 1. The Kier molecular flexibility index (Phi) is 5.06. The molecule has 1 spiro atoms. The molecule has 3 heterocycles. The molecule has 0 saturated carbocycles. The summed E-state index contributed by atoms with van der Waals surface area (Å²) in [6.45, 7) is 3.64. The van der Waals surface area contributed by atoms with Gasteiger partial charge in [0.25, 0.3) is 0 Å². The topological polar surface area (TPSA) is 84.9 Å². The zero-order chi connectivity index (χ0) is 18.9. The van der Waals surface area contributed by atoms with E-state index in [9.17, 15) is 9.59 Å². The van der Waals surface area contributed by atoms with Gasteiger partial charge in [-0.3, -0.25) is 9.59 Å². The van der Waals surface area contributed by atoms with Crippen LogP contribution in [-0.4, -0.2) is 71.6 Å². The summed E-state index contributed by atoms with van der Waals surface area (Å²) in [7, 11) is 0. The number of rotatable bonds is 3. The van der Waals surface area contributed by atoms with Gasteiger partial charge in [-0.05, 0) is 44.4 Å². The number of aliphatic hydroxyl groups is 1. The molecular formula is C20H28N4O3. The first-order chi connectivity index (χ1) is 13.1. The highest BCUT2D eigenvalue weighted by molar-refractivity contribution is 6.06. The molecule has 146 valence electrons. The number of aliphatic hydroxyl groups excluding tert-OH is 1. The average Bonchev–Trinajstić information content (AvgIpc) is 2.69. The van der Waals surface area contributed by atoms with Crippen LogP contribution in [0.4, 0.5) is 11.4 Å². The molecule has 2 saturated heterocycles. The number of piperidine rings is 2. The molecule has 7 nitrogen and oxygen atoms in total. The van der Waals surface area contributed by atoms with E-state index < -0.39 is 5.54 Å². The third-order valence-corrected chi connectivity index (χ3v) is 6.18. The van der Waals surface area contributed by atoms with Crippen molar-refractivity contribution in [3.8, 4) is 0 Å². The number of carbonyl (C=O) groups is 2. The van der Waals surface area contributed by atoms with E-state index in [0.717, 1.165) is 37.3 Å². The van der Waals surface area contributed by atoms with E-state index in [0.29, 0.717) is 32.5 Å². The first kappa shape index (κ1) is 18.3. The van der Waals surface area contributed by atoms with Gasteiger partial charge < -0.3 is 25.5 Å². The number of likely N-dealkylation sites (tertiary alicyclic amines) is 2. The molecule has 27 heavy (non-hydrogen) atoms. The molecule has 3 aliphatic rings. The minimum atomic E-state index is -0.624. The van der Waals surface area contributed by atoms with Crippen LogP contribution in [0.2, 0.25) is 0 Å². The second kappa shape index (κ2) is 7.48. The summed E-state index contributed by atoms with van der Waals surface area (Å²) in [5, 5.41) is 15.6. The number of hydrogen-bond donors (Lipinski definition) is 3. The first-order valence-corrected chi connectivity index (χ1v) is 9.92. The third-order valence-electron chi connectivity index (χ3n) is 6.18. The van der Waals surface area contributed by atoms with Crippen molar-refractivity contribution in [3.05, 3.63) is 24.3 Å². The van der Waals surface area contributed by atoms with Crippen LogP contribution in [-0.2, 0) is 9.59 Å². The molecule has 4 rings (SSSR count). The van der Waals surface area contributed by atoms with E-state index in [1.807, 2.05) is 29.2 Å². The Balaban J connectivity index is 1.39. The zero-order valence-corrected chi connectivity index (χ0v) is 15.6. The molecule has 3 N–H and O–H groups in total. The number of anilines is 2. The van der Waals surface area contributed by atoms with Crippen LogP contribution in [0.25, 0.3) is 0 Å². The van der Waals surface area contributed by atoms with Crippen LogP contribution in [0.1, 0.15) is 25.7 Å². The summed E-state index contributed by atoms with van der Waals surface area (Å²) in [5.74, 6) is 0.206. The Bertz CT molecular complexity index is 713. The van der Waals surface area contributed by atoms with Crippen LogP contribution in [0, 0.1) is 5.92 Å². The fraction of sp³-hybridized carbons (Fsp3) is 0.600. The van der Waals surface area contributed by atoms with Gasteiger partial charge >= 0.3 is 0 Å². The number of amides is 2. The maximum absolute atomic E-state index is 13.0. The second-order valence-corrected chi connectivity index (χ2v) is 7.90. The van der Waals surface area contributed by atoms with Crippen molar-refractivity contribution >= 4 is 23.2 Å². The van der Waals surface area contributed by atoms with Crippen LogP contribution in [0.5, 0.6) is 0 Å². The van der Waals surface area contributed by atoms with Crippen molar-refractivity contribution in [2.24, 2.45) is 5.92 Å². The predicted octanol–water partition coefficient (Wildman–Crippen LogP) is 1.12. The lowest BCUT2D eigenvalue weighted by molar-refractivity contribution is -0.140. The summed E-state index contributed by atoms with van der Waals surface area (Å²) >= 11 is 0. The van der Waals surface area contributed by atoms with E-state index >= 15 is 0 Å². The van der Waals surface area contributed by atoms with Gasteiger partial charge in [0, 0.05) is 26.2 Å². The number of para-hydroxylation sites is 2. The smallest absolute Gasteiger partial charge is 0.250 e. The summed E-state index contributed by atoms with van der Waals surface area (Å²) in [6.07, 6.45) is 3.14. The normalized spacial score (nSPS) is 24.9. The Hall–Kier alpha value is -2.12. The predicted molar refractivity (Wildman–Crippen MR) is 103 cm³/mol. The summed E-state index contributed by atoms with van der Waals surface area (Å²) in [5.41, 5.74) is 1.14. The fourth-order valence-electron chi connectivity index (χ4n) is 4.58. The molecular weight excluding hydrogens is 344 g/mol. The molecule has 2 amide bonds. The maximum atomic E-state index is 13.0. The van der Waals surface area contributed by atoms with Gasteiger partial charge in [-0.1, -0.05) is 12.1 Å². The fourth-order valence-corrected chi connectivity index (χ4v) is 4.58. The van der Waals surface area contributed by atoms with Crippen LogP contribution in [0.15, 0.2) is 24.3 Å².